The molecule has 0 amide bonds. The molecule has 5 rings (SSSR count). The number of benzene rings is 4. The highest BCUT2D eigenvalue weighted by molar-refractivity contribution is 6.21. The zero-order valence-corrected chi connectivity index (χ0v) is 25.0. The minimum absolute atomic E-state index is 0.312. The number of hydrogen-bond donors (Lipinski definition) is 2. The molecule has 0 spiro atoms. The number of aldehydes is 1. The van der Waals surface area contributed by atoms with E-state index >= 15 is 0 Å². The molecule has 0 fully saturated rings. The predicted molar refractivity (Wildman–Crippen MR) is 181 cm³/mol. The fraction of sp³-hybridized carbons (Fsp3) is 0.0789. The first kappa shape index (κ1) is 29.7. The van der Waals surface area contributed by atoms with Crippen LogP contribution in [-0.4, -0.2) is 24.8 Å². The van der Waals surface area contributed by atoms with Crippen molar-refractivity contribution in [3.05, 3.63) is 167 Å². The molecule has 0 aliphatic carbocycles. The molecule has 218 valence electrons. The number of nitrogens with one attached hydrogen (secondary N) is 2. The summed E-state index contributed by atoms with van der Waals surface area (Å²) in [5, 5.41) is 18.7. The molecule has 0 bridgehead atoms. The molecule has 0 atom stereocenters. The van der Waals surface area contributed by atoms with E-state index < -0.39 is 0 Å². The molecule has 2 N–H and O–H groups in total. The molecule has 0 saturated heterocycles. The van der Waals surface area contributed by atoms with Gasteiger partial charge in [0.25, 0.3) is 0 Å². The van der Waals surface area contributed by atoms with Gasteiger partial charge in [0, 0.05) is 29.6 Å². The third kappa shape index (κ3) is 6.99. The lowest BCUT2D eigenvalue weighted by molar-refractivity contribution is -0.104. The summed E-state index contributed by atoms with van der Waals surface area (Å²) in [5.41, 5.74) is 6.76. The monoisotopic (exact) mass is 578 g/mol. The Balaban J connectivity index is 1.73. The van der Waals surface area contributed by atoms with E-state index in [1.807, 2.05) is 147 Å². The fourth-order valence-electron chi connectivity index (χ4n) is 4.93. The lowest BCUT2D eigenvalue weighted by Crippen LogP contribution is -2.17. The molecule has 4 aromatic carbocycles. The average molecular weight is 579 g/mol. The molecule has 0 saturated carbocycles. The van der Waals surface area contributed by atoms with E-state index in [9.17, 15) is 4.79 Å². The van der Waals surface area contributed by atoms with Crippen molar-refractivity contribution in [1.29, 1.82) is 5.41 Å². The van der Waals surface area contributed by atoms with Crippen LogP contribution in [0.4, 0.5) is 11.4 Å². The highest BCUT2D eigenvalue weighted by Gasteiger charge is 2.24. The Kier molecular flexibility index (Phi) is 9.42. The number of anilines is 2. The number of nitrogens with zero attached hydrogens (tertiary/aromatic N) is 2. The van der Waals surface area contributed by atoms with Gasteiger partial charge in [-0.1, -0.05) is 97.1 Å². The number of carbonyl (C=O) groups excluding carboxylic acids is 1. The molecular formula is C38H34N4O2. The summed E-state index contributed by atoms with van der Waals surface area (Å²) in [6, 6.07) is 39.1. The number of ether oxygens (including phenoxy) is 1. The molecule has 6 heteroatoms. The van der Waals surface area contributed by atoms with Crippen LogP contribution in [0, 0.1) is 5.41 Å². The molecule has 6 nitrogen and oxygen atoms in total. The molecule has 1 heterocycles. The number of rotatable bonds is 10. The van der Waals surface area contributed by atoms with Crippen molar-refractivity contribution in [2.45, 2.75) is 13.8 Å². The first-order valence-electron chi connectivity index (χ1n) is 14.3. The van der Waals surface area contributed by atoms with Crippen LogP contribution in [0.5, 0.6) is 0 Å². The Labute approximate surface area is 258 Å². The maximum absolute atomic E-state index is 12.8. The second-order valence-corrected chi connectivity index (χ2v) is 10.3. The van der Waals surface area contributed by atoms with Crippen molar-refractivity contribution in [2.75, 3.05) is 17.4 Å². The lowest BCUT2D eigenvalue weighted by atomic mass is 9.91. The van der Waals surface area contributed by atoms with Crippen LogP contribution in [0.15, 0.2) is 161 Å². The van der Waals surface area contributed by atoms with Gasteiger partial charge in [0.2, 0.25) is 5.88 Å². The normalized spacial score (nSPS) is 14.8. The Bertz CT molecular complexity index is 1790. The van der Waals surface area contributed by atoms with E-state index in [2.05, 4.69) is 5.32 Å². The van der Waals surface area contributed by atoms with Crippen LogP contribution in [-0.2, 0) is 9.53 Å². The third-order valence-electron chi connectivity index (χ3n) is 7.09. The number of hydrazone groups is 1. The van der Waals surface area contributed by atoms with Crippen molar-refractivity contribution in [2.24, 2.45) is 5.10 Å². The summed E-state index contributed by atoms with van der Waals surface area (Å²) in [6.07, 6.45) is 4.72. The Morgan fingerprint density at radius 2 is 1.39 bits per heavy atom. The second-order valence-electron chi connectivity index (χ2n) is 10.3. The highest BCUT2D eigenvalue weighted by Crippen LogP contribution is 2.35. The zero-order chi connectivity index (χ0) is 30.9. The predicted octanol–water partition coefficient (Wildman–Crippen LogP) is 8.51. The van der Waals surface area contributed by atoms with E-state index in [-0.39, 0.29) is 0 Å². The van der Waals surface area contributed by atoms with Crippen LogP contribution < -0.4 is 10.3 Å². The molecular weight excluding hydrogens is 544 g/mol. The third-order valence-corrected chi connectivity index (χ3v) is 7.09. The maximum Gasteiger partial charge on any atom is 0.207 e. The van der Waals surface area contributed by atoms with Crippen LogP contribution in [0.1, 0.15) is 25.0 Å². The van der Waals surface area contributed by atoms with Gasteiger partial charge in [-0.15, -0.1) is 0 Å². The lowest BCUT2D eigenvalue weighted by Gasteiger charge is -2.25. The van der Waals surface area contributed by atoms with Crippen molar-refractivity contribution >= 4 is 40.4 Å². The van der Waals surface area contributed by atoms with Gasteiger partial charge in [0.05, 0.1) is 17.0 Å². The Hall–Kier alpha value is -5.75. The molecule has 1 aliphatic rings. The van der Waals surface area contributed by atoms with Crippen LogP contribution in [0.3, 0.4) is 0 Å². The van der Waals surface area contributed by atoms with Crippen molar-refractivity contribution in [1.82, 2.24) is 0 Å². The van der Waals surface area contributed by atoms with E-state index in [0.717, 1.165) is 34.4 Å². The number of carbonyl (C=O) groups is 1. The minimum Gasteiger partial charge on any atom is -0.440 e. The molecule has 0 aromatic heterocycles. The van der Waals surface area contributed by atoms with Gasteiger partial charge in [-0.25, -0.2) is 0 Å². The fourth-order valence-corrected chi connectivity index (χ4v) is 4.93. The first-order chi connectivity index (χ1) is 21.4. The number of allylic oxidation sites excluding steroid dienone is 6. The van der Waals surface area contributed by atoms with Gasteiger partial charge < -0.3 is 15.5 Å². The zero-order valence-electron chi connectivity index (χ0n) is 25.0. The minimum atomic E-state index is 0.312. The van der Waals surface area contributed by atoms with Gasteiger partial charge in [-0.05, 0) is 67.0 Å². The number of hydrogen-bond acceptors (Lipinski definition) is 6. The summed E-state index contributed by atoms with van der Waals surface area (Å²) < 4.78 is 6.44. The Morgan fingerprint density at radius 1 is 0.818 bits per heavy atom. The van der Waals surface area contributed by atoms with E-state index in [0.29, 0.717) is 39.8 Å². The first-order valence-corrected chi connectivity index (χ1v) is 14.3. The smallest absolute Gasteiger partial charge is 0.207 e. The van der Waals surface area contributed by atoms with Crippen molar-refractivity contribution in [3.63, 3.8) is 0 Å². The molecule has 1 aliphatic heterocycles. The van der Waals surface area contributed by atoms with Crippen molar-refractivity contribution < 1.29 is 9.53 Å². The van der Waals surface area contributed by atoms with E-state index in [4.69, 9.17) is 15.2 Å². The summed E-state index contributed by atoms with van der Waals surface area (Å²) in [6.45, 7) is 3.56. The van der Waals surface area contributed by atoms with Gasteiger partial charge in [0.1, 0.15) is 5.76 Å². The standard InChI is InChI=1S/C38H34N4O2/c1-27(39)37-31(25-36(30-18-10-5-11-19-30)44-38(37)40-32-20-12-6-13-21-32)24-34(29-16-8-4-9-17-29)35(26-43)28(2)41-42(3)33-22-14-7-15-23-33/h4-26,39-40H,1-3H3/b31-24+,35-34-,39-27?,41-28-. The number of para-hydroxylation sites is 2. The molecule has 0 unspecified atom stereocenters. The summed E-state index contributed by atoms with van der Waals surface area (Å²) in [4.78, 5) is 12.8. The van der Waals surface area contributed by atoms with Gasteiger partial charge in [-0.3, -0.25) is 9.80 Å². The van der Waals surface area contributed by atoms with Crippen LogP contribution in [0.2, 0.25) is 0 Å². The van der Waals surface area contributed by atoms with Gasteiger partial charge in [0.15, 0.2) is 6.29 Å². The second kappa shape index (κ2) is 13.9. The SMILES string of the molecule is CC(=N)C1=C(Nc2ccccc2)OC(c2ccccc2)=C\C1=C/C(=C(C=O)/C(C)=N\N(C)c1ccccc1)c1ccccc1. The summed E-state index contributed by atoms with van der Waals surface area (Å²) in [5.74, 6) is 1.06. The van der Waals surface area contributed by atoms with Gasteiger partial charge in [-0.2, -0.15) is 5.10 Å². The summed E-state index contributed by atoms with van der Waals surface area (Å²) >= 11 is 0. The van der Waals surface area contributed by atoms with E-state index in [1.165, 1.54) is 0 Å². The van der Waals surface area contributed by atoms with Crippen LogP contribution >= 0.6 is 0 Å². The molecule has 4 aromatic rings. The molecule has 44 heavy (non-hydrogen) atoms. The summed E-state index contributed by atoms with van der Waals surface area (Å²) in [7, 11) is 1.86. The highest BCUT2D eigenvalue weighted by atomic mass is 16.5. The average Bonchev–Trinajstić information content (AvgIpc) is 3.06. The molecule has 0 radical (unpaired) electrons. The van der Waals surface area contributed by atoms with Crippen LogP contribution in [0.25, 0.3) is 11.3 Å². The maximum atomic E-state index is 12.8. The van der Waals surface area contributed by atoms with Crippen molar-refractivity contribution in [3.8, 4) is 0 Å². The topological polar surface area (TPSA) is 77.8 Å². The largest absolute Gasteiger partial charge is 0.440 e. The van der Waals surface area contributed by atoms with Gasteiger partial charge >= 0.3 is 0 Å². The van der Waals surface area contributed by atoms with E-state index in [1.54, 1.807) is 11.9 Å². The quantitative estimate of drug-likeness (QED) is 0.0856. The Morgan fingerprint density at radius 3 is 1.98 bits per heavy atom.